The minimum Gasteiger partial charge on any atom is -0.461 e. The highest BCUT2D eigenvalue weighted by atomic mass is 35.5. The van der Waals surface area contributed by atoms with Crippen molar-refractivity contribution in [2.24, 2.45) is 0 Å². The van der Waals surface area contributed by atoms with E-state index in [-0.39, 0.29) is 34.7 Å². The zero-order chi connectivity index (χ0) is 16.6. The third-order valence-corrected chi connectivity index (χ3v) is 3.54. The van der Waals surface area contributed by atoms with E-state index < -0.39 is 5.97 Å². The van der Waals surface area contributed by atoms with E-state index in [4.69, 9.17) is 22.1 Å². The Morgan fingerprint density at radius 1 is 1.35 bits per heavy atom. The zero-order valence-corrected chi connectivity index (χ0v) is 12.8. The van der Waals surface area contributed by atoms with Crippen LogP contribution >= 0.6 is 11.6 Å². The topological polar surface area (TPSA) is 82.5 Å². The molecule has 2 heterocycles. The molecule has 3 rings (SSSR count). The largest absolute Gasteiger partial charge is 0.461 e. The molecule has 0 unspecified atom stereocenters. The van der Waals surface area contributed by atoms with Gasteiger partial charge in [0.25, 0.3) is 0 Å². The number of fused-ring (bicyclic) bond motifs is 1. The van der Waals surface area contributed by atoms with Gasteiger partial charge in [-0.1, -0.05) is 11.6 Å². The lowest BCUT2D eigenvalue weighted by Gasteiger charge is -2.07. The van der Waals surface area contributed by atoms with E-state index in [1.807, 2.05) is 0 Å². The molecule has 0 fully saturated rings. The summed E-state index contributed by atoms with van der Waals surface area (Å²) in [7, 11) is 0. The summed E-state index contributed by atoms with van der Waals surface area (Å²) in [5.74, 6) is -0.842. The summed E-state index contributed by atoms with van der Waals surface area (Å²) < 4.78 is 19.4. The smallest absolute Gasteiger partial charge is 0.358 e. The van der Waals surface area contributed by atoms with Gasteiger partial charge in [0.2, 0.25) is 0 Å². The maximum absolute atomic E-state index is 13.1. The van der Waals surface area contributed by atoms with Crippen molar-refractivity contribution in [2.45, 2.75) is 6.92 Å². The van der Waals surface area contributed by atoms with Crippen molar-refractivity contribution in [3.05, 3.63) is 47.1 Å². The summed E-state index contributed by atoms with van der Waals surface area (Å²) in [6.07, 6.45) is 1.43. The van der Waals surface area contributed by atoms with E-state index in [0.717, 1.165) is 0 Å². The molecule has 0 aliphatic carbocycles. The molecule has 118 valence electrons. The number of nitrogens with zero attached hydrogens (tertiary/aromatic N) is 3. The third kappa shape index (κ3) is 2.70. The molecule has 0 amide bonds. The molecule has 1 aromatic carbocycles. The van der Waals surface area contributed by atoms with E-state index in [1.54, 1.807) is 6.92 Å². The fourth-order valence-corrected chi connectivity index (χ4v) is 2.42. The number of anilines is 1. The molecule has 0 saturated heterocycles. The van der Waals surface area contributed by atoms with E-state index in [2.05, 4.69) is 9.97 Å². The number of hydrogen-bond acceptors (Lipinski definition) is 5. The molecule has 6 nitrogen and oxygen atoms in total. The van der Waals surface area contributed by atoms with Gasteiger partial charge in [0.05, 0.1) is 6.61 Å². The number of ether oxygens (including phenoxy) is 1. The van der Waals surface area contributed by atoms with Gasteiger partial charge in [-0.3, -0.25) is 4.40 Å². The Labute approximate surface area is 135 Å². The molecular formula is C15H12ClFN4O2. The van der Waals surface area contributed by atoms with Crippen LogP contribution in [0.1, 0.15) is 17.4 Å². The minimum atomic E-state index is -0.574. The summed E-state index contributed by atoms with van der Waals surface area (Å²) in [5.41, 5.74) is 7.20. The Kier molecular flexibility index (Phi) is 3.87. The summed E-state index contributed by atoms with van der Waals surface area (Å²) >= 11 is 6.34. The van der Waals surface area contributed by atoms with Crippen LogP contribution in [0.4, 0.5) is 10.2 Å². The van der Waals surface area contributed by atoms with Crippen LogP contribution in [0.5, 0.6) is 0 Å². The Balaban J connectivity index is 2.17. The van der Waals surface area contributed by atoms with Gasteiger partial charge in [-0.2, -0.15) is 0 Å². The number of hydrogen-bond donors (Lipinski definition) is 1. The number of esters is 1. The van der Waals surface area contributed by atoms with E-state index in [1.165, 1.54) is 34.9 Å². The highest BCUT2D eigenvalue weighted by Gasteiger charge is 2.18. The maximum Gasteiger partial charge on any atom is 0.358 e. The van der Waals surface area contributed by atoms with Gasteiger partial charge in [-0.25, -0.2) is 19.2 Å². The van der Waals surface area contributed by atoms with Gasteiger partial charge in [0.15, 0.2) is 17.2 Å². The van der Waals surface area contributed by atoms with Gasteiger partial charge in [-0.05, 0) is 31.2 Å². The molecule has 3 aromatic rings. The van der Waals surface area contributed by atoms with Crippen molar-refractivity contribution in [1.29, 1.82) is 0 Å². The summed E-state index contributed by atoms with van der Waals surface area (Å²) in [4.78, 5) is 20.1. The third-order valence-electron chi connectivity index (χ3n) is 3.18. The lowest BCUT2D eigenvalue weighted by Crippen LogP contribution is -2.04. The normalized spacial score (nSPS) is 10.9. The molecule has 0 saturated carbocycles. The number of rotatable bonds is 3. The summed E-state index contributed by atoms with van der Waals surface area (Å²) in [5, 5.41) is 0.212. The first kappa shape index (κ1) is 15.2. The van der Waals surface area contributed by atoms with Gasteiger partial charge < -0.3 is 10.5 Å². The van der Waals surface area contributed by atoms with E-state index in [9.17, 15) is 9.18 Å². The number of carbonyl (C=O) groups is 1. The number of carbonyl (C=O) groups excluding carboxylic acids is 1. The summed E-state index contributed by atoms with van der Waals surface area (Å²) in [6.45, 7) is 1.93. The number of aromatic nitrogens is 3. The van der Waals surface area contributed by atoms with Crippen LogP contribution in [-0.2, 0) is 4.74 Å². The molecule has 23 heavy (non-hydrogen) atoms. The van der Waals surface area contributed by atoms with Crippen LogP contribution < -0.4 is 5.73 Å². The average molecular weight is 335 g/mol. The van der Waals surface area contributed by atoms with Crippen LogP contribution in [0.2, 0.25) is 5.15 Å². The number of imidazole rings is 1. The Bertz CT molecular complexity index is 893. The lowest BCUT2D eigenvalue weighted by atomic mass is 10.1. The van der Waals surface area contributed by atoms with Crippen LogP contribution in [0.15, 0.2) is 30.5 Å². The van der Waals surface area contributed by atoms with Crippen LogP contribution in [0.3, 0.4) is 0 Å². The van der Waals surface area contributed by atoms with Crippen molar-refractivity contribution in [3.8, 4) is 11.3 Å². The second-order valence-electron chi connectivity index (χ2n) is 4.68. The van der Waals surface area contributed by atoms with Crippen molar-refractivity contribution in [3.63, 3.8) is 0 Å². The number of nitrogen functional groups attached to an aromatic ring is 1. The Morgan fingerprint density at radius 3 is 2.70 bits per heavy atom. The molecule has 0 spiro atoms. The molecule has 0 radical (unpaired) electrons. The van der Waals surface area contributed by atoms with Crippen LogP contribution in [-0.4, -0.2) is 26.9 Å². The highest BCUT2D eigenvalue weighted by molar-refractivity contribution is 6.32. The van der Waals surface area contributed by atoms with Crippen molar-refractivity contribution in [1.82, 2.24) is 14.4 Å². The first-order chi connectivity index (χ1) is 11.0. The van der Waals surface area contributed by atoms with Gasteiger partial charge in [-0.15, -0.1) is 0 Å². The second kappa shape index (κ2) is 5.85. The number of halogens is 2. The monoisotopic (exact) mass is 334 g/mol. The van der Waals surface area contributed by atoms with Crippen molar-refractivity contribution in [2.75, 3.05) is 12.3 Å². The zero-order valence-electron chi connectivity index (χ0n) is 12.1. The predicted octanol–water partition coefficient (Wildman–Crippen LogP) is 2.95. The predicted molar refractivity (Wildman–Crippen MR) is 83.8 cm³/mol. The number of nitrogens with two attached hydrogens (primary N) is 1. The first-order valence-electron chi connectivity index (χ1n) is 6.78. The maximum atomic E-state index is 13.1. The molecule has 2 aromatic heterocycles. The molecule has 0 aliphatic rings. The fourth-order valence-electron chi connectivity index (χ4n) is 2.14. The summed E-state index contributed by atoms with van der Waals surface area (Å²) in [6, 6.07) is 5.67. The van der Waals surface area contributed by atoms with Crippen LogP contribution in [0, 0.1) is 5.82 Å². The molecule has 0 atom stereocenters. The molecule has 2 N–H and O–H groups in total. The second-order valence-corrected chi connectivity index (χ2v) is 5.04. The van der Waals surface area contributed by atoms with E-state index >= 15 is 0 Å². The average Bonchev–Trinajstić information content (AvgIpc) is 2.98. The van der Waals surface area contributed by atoms with Crippen molar-refractivity contribution < 1.29 is 13.9 Å². The molecular weight excluding hydrogens is 323 g/mol. The minimum absolute atomic E-state index is 0.0820. The van der Waals surface area contributed by atoms with E-state index in [0.29, 0.717) is 11.3 Å². The van der Waals surface area contributed by atoms with Gasteiger partial charge >= 0.3 is 5.97 Å². The van der Waals surface area contributed by atoms with Gasteiger partial charge in [0.1, 0.15) is 16.7 Å². The van der Waals surface area contributed by atoms with Crippen molar-refractivity contribution >= 4 is 29.0 Å². The Hall–Kier alpha value is -2.67. The quantitative estimate of drug-likeness (QED) is 0.745. The standard InChI is InChI=1S/C15H12ClFN4O2/c1-2-23-15(22)10-7-21-12(16)11(20-13(18)14(21)19-10)8-3-5-9(17)6-4-8/h3-7H,2H2,1H3,(H2,18,20). The molecule has 0 aliphatic heterocycles. The Morgan fingerprint density at radius 2 is 2.04 bits per heavy atom. The first-order valence-corrected chi connectivity index (χ1v) is 7.16. The lowest BCUT2D eigenvalue weighted by molar-refractivity contribution is 0.0520. The number of benzene rings is 1. The SMILES string of the molecule is CCOC(=O)c1cn2c(Cl)c(-c3ccc(F)cc3)nc(N)c2n1. The van der Waals surface area contributed by atoms with Gasteiger partial charge in [0, 0.05) is 11.8 Å². The fraction of sp³-hybridized carbons (Fsp3) is 0.133. The molecule has 0 bridgehead atoms. The molecule has 8 heteroatoms. The van der Waals surface area contributed by atoms with Crippen LogP contribution in [0.25, 0.3) is 16.9 Å². The highest BCUT2D eigenvalue weighted by Crippen LogP contribution is 2.29.